The number of nitriles is 3. The van der Waals surface area contributed by atoms with Crippen LogP contribution in [0, 0.1) is 34.0 Å². The van der Waals surface area contributed by atoms with Crippen molar-refractivity contribution in [1.82, 2.24) is 4.57 Å². The molecule has 0 fully saturated rings. The van der Waals surface area contributed by atoms with Gasteiger partial charge >= 0.3 is 0 Å². The summed E-state index contributed by atoms with van der Waals surface area (Å²) in [6.45, 7) is 0. The van der Waals surface area contributed by atoms with Crippen LogP contribution in [0.15, 0.2) is 145 Å². The van der Waals surface area contributed by atoms with E-state index in [1.807, 2.05) is 42.5 Å². The van der Waals surface area contributed by atoms with Gasteiger partial charge in [-0.25, -0.2) is 0 Å². The number of anilines is 1. The summed E-state index contributed by atoms with van der Waals surface area (Å²) in [4.78, 5) is 2.55. The van der Waals surface area contributed by atoms with Gasteiger partial charge in [0.15, 0.2) is 0 Å². The van der Waals surface area contributed by atoms with Crippen molar-refractivity contribution in [2.45, 2.75) is 24.8 Å². The number of hydrogen-bond donors (Lipinski definition) is 0. The SMILES string of the molecule is N#Cc1ccc2c(c1)c1cc(C#N)ccc1n2-c1ccc(-c2ccc(C3=C(N4c5ccccc5C5C=CC=CC54)CCC=C3)cc2)c(C#N)c1. The van der Waals surface area contributed by atoms with E-state index in [1.165, 1.54) is 22.5 Å². The zero-order valence-electron chi connectivity index (χ0n) is 27.1. The fourth-order valence-corrected chi connectivity index (χ4v) is 8.06. The minimum Gasteiger partial charge on any atom is -0.336 e. The lowest BCUT2D eigenvalue weighted by Gasteiger charge is -2.33. The number of aromatic nitrogens is 1. The Morgan fingerprint density at radius 1 is 0.660 bits per heavy atom. The predicted octanol–water partition coefficient (Wildman–Crippen LogP) is 10.2. The highest BCUT2D eigenvalue weighted by atomic mass is 15.2. The summed E-state index contributed by atoms with van der Waals surface area (Å²) in [5, 5.41) is 31.3. The summed E-state index contributed by atoms with van der Waals surface area (Å²) in [7, 11) is 0. The van der Waals surface area contributed by atoms with Crippen molar-refractivity contribution >= 4 is 33.1 Å². The zero-order chi connectivity index (χ0) is 33.8. The molecule has 2 heterocycles. The molecule has 0 spiro atoms. The highest BCUT2D eigenvalue weighted by Gasteiger charge is 2.38. The number of nitrogens with zero attached hydrogens (tertiary/aromatic N) is 5. The molecule has 0 amide bonds. The standard InChI is InChI=1S/C45H29N5/c46-26-29-13-21-44-39(23-29)40-24-30(27-47)14-22-45(40)49(44)34-19-20-35(33(25-34)28-48)31-15-17-32(18-16-31)36-7-1-4-10-41(36)50-42-11-5-2-8-37(42)38-9-3-6-12-43(38)50/h1-3,5-9,11-25,37,42H,4,10H2. The monoisotopic (exact) mass is 639 g/mol. The number of allylic oxidation sites excluding steroid dienone is 6. The third-order valence-electron chi connectivity index (χ3n) is 10.3. The van der Waals surface area contributed by atoms with Crippen molar-refractivity contribution in [3.8, 4) is 35.0 Å². The van der Waals surface area contributed by atoms with Crippen molar-refractivity contribution in [3.05, 3.63) is 173 Å². The molecule has 5 aromatic carbocycles. The van der Waals surface area contributed by atoms with Crippen LogP contribution in [0.2, 0.25) is 0 Å². The lowest BCUT2D eigenvalue weighted by Crippen LogP contribution is -2.33. The maximum atomic E-state index is 10.4. The molecule has 1 aliphatic heterocycles. The van der Waals surface area contributed by atoms with Gasteiger partial charge in [0.2, 0.25) is 0 Å². The second-order valence-electron chi connectivity index (χ2n) is 13.0. The van der Waals surface area contributed by atoms with Crippen molar-refractivity contribution in [3.63, 3.8) is 0 Å². The van der Waals surface area contributed by atoms with E-state index in [1.54, 1.807) is 12.1 Å². The first kappa shape index (κ1) is 29.3. The zero-order valence-corrected chi connectivity index (χ0v) is 27.1. The predicted molar refractivity (Wildman–Crippen MR) is 199 cm³/mol. The maximum Gasteiger partial charge on any atom is 0.0998 e. The molecule has 9 rings (SSSR count). The Hall–Kier alpha value is -6.87. The molecule has 0 saturated heterocycles. The maximum absolute atomic E-state index is 10.4. The molecule has 6 aromatic rings. The van der Waals surface area contributed by atoms with Crippen LogP contribution in [0.25, 0.3) is 44.2 Å². The second kappa shape index (κ2) is 11.7. The Balaban J connectivity index is 1.11. The molecule has 5 nitrogen and oxygen atoms in total. The molecule has 234 valence electrons. The van der Waals surface area contributed by atoms with Gasteiger partial charge in [0, 0.05) is 39.3 Å². The second-order valence-corrected chi connectivity index (χ2v) is 13.0. The molecule has 0 bridgehead atoms. The molecule has 5 heteroatoms. The quantitative estimate of drug-likeness (QED) is 0.192. The smallest absolute Gasteiger partial charge is 0.0998 e. The number of para-hydroxylation sites is 1. The Bertz CT molecular complexity index is 2570. The highest BCUT2D eigenvalue weighted by Crippen LogP contribution is 2.48. The lowest BCUT2D eigenvalue weighted by molar-refractivity contribution is 0.703. The van der Waals surface area contributed by atoms with Crippen LogP contribution in [-0.2, 0) is 0 Å². The summed E-state index contributed by atoms with van der Waals surface area (Å²) < 4.78 is 2.10. The molecular weight excluding hydrogens is 611 g/mol. The van der Waals surface area contributed by atoms with E-state index in [-0.39, 0.29) is 6.04 Å². The Morgan fingerprint density at radius 2 is 1.36 bits per heavy atom. The van der Waals surface area contributed by atoms with E-state index in [2.05, 4.69) is 113 Å². The van der Waals surface area contributed by atoms with Crippen molar-refractivity contribution in [2.75, 3.05) is 4.90 Å². The first-order chi connectivity index (χ1) is 24.7. The topological polar surface area (TPSA) is 79.5 Å². The molecular formula is C45H29N5. The van der Waals surface area contributed by atoms with E-state index in [9.17, 15) is 15.8 Å². The van der Waals surface area contributed by atoms with E-state index in [0.29, 0.717) is 22.6 Å². The number of rotatable bonds is 4. The van der Waals surface area contributed by atoms with Crippen molar-refractivity contribution in [1.29, 1.82) is 15.8 Å². The minimum atomic E-state index is 0.265. The Morgan fingerprint density at radius 3 is 2.08 bits per heavy atom. The van der Waals surface area contributed by atoms with Crippen LogP contribution in [0.1, 0.15) is 46.6 Å². The first-order valence-corrected chi connectivity index (χ1v) is 16.8. The van der Waals surface area contributed by atoms with Crippen LogP contribution in [0.3, 0.4) is 0 Å². The van der Waals surface area contributed by atoms with Crippen LogP contribution in [0.4, 0.5) is 5.69 Å². The molecule has 1 aromatic heterocycles. The van der Waals surface area contributed by atoms with Crippen LogP contribution in [-0.4, -0.2) is 10.6 Å². The van der Waals surface area contributed by atoms with E-state index < -0.39 is 0 Å². The normalized spacial score (nSPS) is 17.4. The molecule has 3 aliphatic rings. The third-order valence-corrected chi connectivity index (χ3v) is 10.3. The summed E-state index contributed by atoms with van der Waals surface area (Å²) in [6.07, 6.45) is 15.5. The van der Waals surface area contributed by atoms with Crippen molar-refractivity contribution < 1.29 is 0 Å². The van der Waals surface area contributed by atoms with Gasteiger partial charge < -0.3 is 9.47 Å². The molecule has 2 atom stereocenters. The molecule has 0 saturated carbocycles. The number of benzene rings is 5. The largest absolute Gasteiger partial charge is 0.336 e. The Kier molecular flexibility index (Phi) is 6.84. The minimum absolute atomic E-state index is 0.265. The van der Waals surface area contributed by atoms with Crippen LogP contribution < -0.4 is 4.90 Å². The molecule has 2 aliphatic carbocycles. The molecule has 0 radical (unpaired) electrons. The van der Waals surface area contributed by atoms with Gasteiger partial charge in [-0.3, -0.25) is 0 Å². The summed E-state index contributed by atoms with van der Waals surface area (Å²) in [6, 6.07) is 41.7. The van der Waals surface area contributed by atoms with E-state index >= 15 is 0 Å². The molecule has 2 unspecified atom stereocenters. The molecule has 50 heavy (non-hydrogen) atoms. The van der Waals surface area contributed by atoms with Gasteiger partial charge in [-0.2, -0.15) is 15.8 Å². The summed E-state index contributed by atoms with van der Waals surface area (Å²) in [5.74, 6) is 0.346. The van der Waals surface area contributed by atoms with E-state index in [0.717, 1.165) is 57.0 Å². The van der Waals surface area contributed by atoms with Crippen LogP contribution in [0.5, 0.6) is 0 Å². The summed E-state index contributed by atoms with van der Waals surface area (Å²) in [5.41, 5.74) is 12.6. The third kappa shape index (κ3) is 4.51. The van der Waals surface area contributed by atoms with Crippen molar-refractivity contribution in [2.24, 2.45) is 0 Å². The number of fused-ring (bicyclic) bond motifs is 6. The number of hydrogen-bond acceptors (Lipinski definition) is 4. The first-order valence-electron chi connectivity index (χ1n) is 16.8. The Labute approximate surface area is 290 Å². The van der Waals surface area contributed by atoms with Gasteiger partial charge in [0.1, 0.15) is 0 Å². The summed E-state index contributed by atoms with van der Waals surface area (Å²) >= 11 is 0. The van der Waals surface area contributed by atoms with E-state index in [4.69, 9.17) is 0 Å². The highest BCUT2D eigenvalue weighted by molar-refractivity contribution is 6.10. The van der Waals surface area contributed by atoms with Crippen LogP contribution >= 0.6 is 0 Å². The molecule has 0 N–H and O–H groups in total. The fourth-order valence-electron chi connectivity index (χ4n) is 8.06. The average molecular weight is 640 g/mol. The van der Waals surface area contributed by atoms with Gasteiger partial charge in [0.05, 0.1) is 52.0 Å². The van der Waals surface area contributed by atoms with Gasteiger partial charge in [-0.1, -0.05) is 85.0 Å². The lowest BCUT2D eigenvalue weighted by atomic mass is 9.90. The fraction of sp³-hybridized carbons (Fsp3) is 0.0889. The van der Waals surface area contributed by atoms with Gasteiger partial charge in [-0.15, -0.1) is 0 Å². The average Bonchev–Trinajstić information content (AvgIpc) is 3.69. The van der Waals surface area contributed by atoms with Gasteiger partial charge in [-0.05, 0) is 89.7 Å². The van der Waals surface area contributed by atoms with Gasteiger partial charge in [0.25, 0.3) is 0 Å².